The number of nitrogens with one attached hydrogen (secondary N) is 1. The average molecular weight is 384 g/mol. The summed E-state index contributed by atoms with van der Waals surface area (Å²) in [5, 5.41) is 7.69. The number of amides is 1. The second-order valence-corrected chi connectivity index (χ2v) is 7.38. The Balaban J connectivity index is 1.47. The first-order valence-electron chi connectivity index (χ1n) is 8.86. The maximum Gasteiger partial charge on any atom is 0.275 e. The fourth-order valence-electron chi connectivity index (χ4n) is 3.38. The minimum absolute atomic E-state index is 0.237. The van der Waals surface area contributed by atoms with Crippen molar-refractivity contribution in [2.75, 3.05) is 5.32 Å². The molecule has 0 atom stereocenters. The SMILES string of the molecule is Cn1c(-c2nc(C(=O)Nc3cccc4cccnc34)cs2)cc2ccccc21. The smallest absolute Gasteiger partial charge is 0.275 e. The van der Waals surface area contributed by atoms with Gasteiger partial charge in [-0.3, -0.25) is 9.78 Å². The van der Waals surface area contributed by atoms with Gasteiger partial charge in [0.15, 0.2) is 0 Å². The van der Waals surface area contributed by atoms with Crippen molar-refractivity contribution < 1.29 is 4.79 Å². The highest BCUT2D eigenvalue weighted by Crippen LogP contribution is 2.30. The zero-order valence-corrected chi connectivity index (χ0v) is 15.9. The van der Waals surface area contributed by atoms with Crippen molar-refractivity contribution >= 4 is 44.7 Å². The van der Waals surface area contributed by atoms with Crippen LogP contribution in [0, 0.1) is 0 Å². The van der Waals surface area contributed by atoms with Gasteiger partial charge >= 0.3 is 0 Å². The highest BCUT2D eigenvalue weighted by Gasteiger charge is 2.16. The average Bonchev–Trinajstić information content (AvgIpc) is 3.34. The molecule has 0 radical (unpaired) electrons. The number of anilines is 1. The van der Waals surface area contributed by atoms with Gasteiger partial charge in [-0.2, -0.15) is 0 Å². The fraction of sp³-hybridized carbons (Fsp3) is 0.0455. The maximum atomic E-state index is 12.8. The number of fused-ring (bicyclic) bond motifs is 2. The monoisotopic (exact) mass is 384 g/mol. The first-order valence-corrected chi connectivity index (χ1v) is 9.74. The molecule has 3 heterocycles. The predicted molar refractivity (Wildman–Crippen MR) is 114 cm³/mol. The maximum absolute atomic E-state index is 12.8. The van der Waals surface area contributed by atoms with Crippen LogP contribution in [0.5, 0.6) is 0 Å². The molecule has 0 aliphatic carbocycles. The quantitative estimate of drug-likeness (QED) is 0.471. The van der Waals surface area contributed by atoms with E-state index in [4.69, 9.17) is 0 Å². The summed E-state index contributed by atoms with van der Waals surface area (Å²) in [5.74, 6) is -0.237. The van der Waals surface area contributed by atoms with E-state index in [1.807, 2.05) is 49.5 Å². The van der Waals surface area contributed by atoms with E-state index in [9.17, 15) is 4.79 Å². The summed E-state index contributed by atoms with van der Waals surface area (Å²) in [5.41, 5.74) is 3.99. The van der Waals surface area contributed by atoms with E-state index < -0.39 is 0 Å². The summed E-state index contributed by atoms with van der Waals surface area (Å²) in [6.45, 7) is 0. The molecule has 0 saturated heterocycles. The molecule has 136 valence electrons. The largest absolute Gasteiger partial charge is 0.342 e. The van der Waals surface area contributed by atoms with Crippen LogP contribution in [0.2, 0.25) is 0 Å². The molecule has 2 aromatic carbocycles. The van der Waals surface area contributed by atoms with Gasteiger partial charge in [0.05, 0.1) is 16.9 Å². The molecule has 6 heteroatoms. The Hall–Kier alpha value is -3.51. The third-order valence-electron chi connectivity index (χ3n) is 4.79. The van der Waals surface area contributed by atoms with Gasteiger partial charge in [0.2, 0.25) is 0 Å². The van der Waals surface area contributed by atoms with E-state index in [2.05, 4.69) is 38.1 Å². The van der Waals surface area contributed by atoms with Gasteiger partial charge in [-0.1, -0.05) is 36.4 Å². The third-order valence-corrected chi connectivity index (χ3v) is 5.65. The Bertz CT molecular complexity index is 1330. The summed E-state index contributed by atoms with van der Waals surface area (Å²) < 4.78 is 2.10. The minimum atomic E-state index is -0.237. The number of carbonyl (C=O) groups excluding carboxylic acids is 1. The summed E-state index contributed by atoms with van der Waals surface area (Å²) >= 11 is 1.47. The van der Waals surface area contributed by atoms with Gasteiger partial charge in [-0.05, 0) is 24.3 Å². The molecule has 0 fully saturated rings. The van der Waals surface area contributed by atoms with Crippen molar-refractivity contribution in [3.63, 3.8) is 0 Å². The number of hydrogen-bond donors (Lipinski definition) is 1. The number of rotatable bonds is 3. The highest BCUT2D eigenvalue weighted by atomic mass is 32.1. The van der Waals surface area contributed by atoms with Crippen molar-refractivity contribution in [1.82, 2.24) is 14.5 Å². The van der Waals surface area contributed by atoms with Crippen LogP contribution >= 0.6 is 11.3 Å². The van der Waals surface area contributed by atoms with E-state index in [0.29, 0.717) is 11.4 Å². The van der Waals surface area contributed by atoms with E-state index in [-0.39, 0.29) is 5.91 Å². The van der Waals surface area contributed by atoms with Gasteiger partial charge < -0.3 is 9.88 Å². The molecule has 0 aliphatic rings. The molecule has 5 aromatic rings. The van der Waals surface area contributed by atoms with Crippen LogP contribution in [-0.2, 0) is 7.05 Å². The number of hydrogen-bond acceptors (Lipinski definition) is 4. The predicted octanol–water partition coefficient (Wildman–Crippen LogP) is 5.10. The summed E-state index contributed by atoms with van der Waals surface area (Å²) in [4.78, 5) is 21.7. The van der Waals surface area contributed by atoms with Crippen molar-refractivity contribution in [2.45, 2.75) is 0 Å². The Kier molecular flexibility index (Phi) is 3.91. The number of nitrogens with zero attached hydrogens (tertiary/aromatic N) is 3. The molecule has 0 unspecified atom stereocenters. The van der Waals surface area contributed by atoms with Crippen LogP contribution in [0.3, 0.4) is 0 Å². The van der Waals surface area contributed by atoms with E-state index in [1.165, 1.54) is 11.3 Å². The molecule has 28 heavy (non-hydrogen) atoms. The van der Waals surface area contributed by atoms with Crippen LogP contribution in [0.25, 0.3) is 32.5 Å². The number of aromatic nitrogens is 3. The summed E-state index contributed by atoms with van der Waals surface area (Å²) in [6, 6.07) is 19.9. The van der Waals surface area contributed by atoms with Gasteiger partial charge in [0.1, 0.15) is 10.7 Å². The third kappa shape index (κ3) is 2.75. The van der Waals surface area contributed by atoms with Crippen LogP contribution in [0.1, 0.15) is 10.5 Å². The van der Waals surface area contributed by atoms with E-state index >= 15 is 0 Å². The van der Waals surface area contributed by atoms with Gasteiger partial charge in [0.25, 0.3) is 5.91 Å². The normalized spacial score (nSPS) is 11.2. The minimum Gasteiger partial charge on any atom is -0.342 e. The standard InChI is InChI=1S/C22H16N4OS/c1-26-18-10-3-2-6-15(18)12-19(26)22-25-17(13-28-22)21(27)24-16-9-4-7-14-8-5-11-23-20(14)16/h2-13H,1H3,(H,24,27). The Morgan fingerprint density at radius 1 is 1.04 bits per heavy atom. The number of benzene rings is 2. The first kappa shape index (κ1) is 16.6. The second-order valence-electron chi connectivity index (χ2n) is 6.52. The second kappa shape index (κ2) is 6.58. The number of aryl methyl sites for hydroxylation is 1. The van der Waals surface area contributed by atoms with E-state index in [0.717, 1.165) is 32.5 Å². The molecule has 1 amide bonds. The Morgan fingerprint density at radius 3 is 2.75 bits per heavy atom. The first-order chi connectivity index (χ1) is 13.7. The van der Waals surface area contributed by atoms with E-state index in [1.54, 1.807) is 11.6 Å². The lowest BCUT2D eigenvalue weighted by Gasteiger charge is -2.06. The molecule has 3 aromatic heterocycles. The molecule has 0 aliphatic heterocycles. The highest BCUT2D eigenvalue weighted by molar-refractivity contribution is 7.13. The van der Waals surface area contributed by atoms with Crippen molar-refractivity contribution in [3.05, 3.63) is 77.9 Å². The van der Waals surface area contributed by atoms with Gasteiger partial charge in [-0.25, -0.2) is 4.98 Å². The lowest BCUT2D eigenvalue weighted by Crippen LogP contribution is -2.12. The number of para-hydroxylation sites is 2. The van der Waals surface area contributed by atoms with Crippen LogP contribution in [0.4, 0.5) is 5.69 Å². The topological polar surface area (TPSA) is 59.8 Å². The molecular weight excluding hydrogens is 368 g/mol. The molecule has 0 bridgehead atoms. The zero-order valence-electron chi connectivity index (χ0n) is 15.1. The zero-order chi connectivity index (χ0) is 19.1. The number of thiazole rings is 1. The van der Waals surface area contributed by atoms with Crippen molar-refractivity contribution in [3.8, 4) is 10.7 Å². The lowest BCUT2D eigenvalue weighted by molar-refractivity contribution is 0.102. The number of carbonyl (C=O) groups is 1. The Labute approximate surface area is 165 Å². The van der Waals surface area contributed by atoms with Gasteiger partial charge in [0, 0.05) is 34.9 Å². The molecule has 5 nitrogen and oxygen atoms in total. The molecule has 1 N–H and O–H groups in total. The van der Waals surface area contributed by atoms with Crippen LogP contribution < -0.4 is 5.32 Å². The van der Waals surface area contributed by atoms with Crippen molar-refractivity contribution in [1.29, 1.82) is 0 Å². The molecule has 0 spiro atoms. The molecular formula is C22H16N4OS. The van der Waals surface area contributed by atoms with Crippen LogP contribution in [0.15, 0.2) is 72.2 Å². The molecule has 0 saturated carbocycles. The molecule has 5 rings (SSSR count). The fourth-order valence-corrected chi connectivity index (χ4v) is 4.23. The van der Waals surface area contributed by atoms with Crippen LogP contribution in [-0.4, -0.2) is 20.4 Å². The van der Waals surface area contributed by atoms with Crippen molar-refractivity contribution in [2.24, 2.45) is 7.05 Å². The summed E-state index contributed by atoms with van der Waals surface area (Å²) in [6.07, 6.45) is 1.72. The lowest BCUT2D eigenvalue weighted by atomic mass is 10.2. The van der Waals surface area contributed by atoms with Gasteiger partial charge in [-0.15, -0.1) is 11.3 Å². The summed E-state index contributed by atoms with van der Waals surface area (Å²) in [7, 11) is 2.01. The number of pyridine rings is 1. The Morgan fingerprint density at radius 2 is 1.86 bits per heavy atom.